The Morgan fingerprint density at radius 3 is 2.40 bits per heavy atom. The summed E-state index contributed by atoms with van der Waals surface area (Å²) < 4.78 is 7.59. The van der Waals surface area contributed by atoms with E-state index < -0.39 is 5.60 Å². The maximum absolute atomic E-state index is 11.2. The molecular formula is C12H12O2Se. The predicted octanol–water partition coefficient (Wildman–Crippen LogP) is 1.24. The predicted molar refractivity (Wildman–Crippen MR) is 60.1 cm³/mol. The Kier molecular flexibility index (Phi) is 2.68. The van der Waals surface area contributed by atoms with Crippen LogP contribution >= 0.6 is 0 Å². The number of benzene rings is 1. The molecule has 0 unspecified atom stereocenters. The molecule has 0 amide bonds. The van der Waals surface area contributed by atoms with Crippen molar-refractivity contribution in [1.29, 1.82) is 0 Å². The zero-order chi connectivity index (χ0) is 10.9. The molecule has 1 aliphatic rings. The number of hydrogen-bond acceptors (Lipinski definition) is 2. The fourth-order valence-electron chi connectivity index (χ4n) is 1.38. The second-order valence-electron chi connectivity index (χ2n) is 3.86. The van der Waals surface area contributed by atoms with Gasteiger partial charge in [-0.3, -0.25) is 0 Å². The van der Waals surface area contributed by atoms with Crippen molar-refractivity contribution in [3.8, 4) is 0 Å². The molecule has 0 saturated carbocycles. The summed E-state index contributed by atoms with van der Waals surface area (Å²) in [5.74, 6) is -0.215. The van der Waals surface area contributed by atoms with E-state index in [1.54, 1.807) is 6.08 Å². The number of ether oxygens (including phenoxy) is 1. The molecule has 0 aliphatic carbocycles. The topological polar surface area (TPSA) is 26.3 Å². The van der Waals surface area contributed by atoms with Crippen LogP contribution in [0.3, 0.4) is 0 Å². The van der Waals surface area contributed by atoms with E-state index in [1.165, 1.54) is 4.46 Å². The van der Waals surface area contributed by atoms with Gasteiger partial charge < -0.3 is 0 Å². The van der Waals surface area contributed by atoms with Crippen molar-refractivity contribution in [1.82, 2.24) is 0 Å². The van der Waals surface area contributed by atoms with E-state index in [4.69, 9.17) is 4.74 Å². The summed E-state index contributed by atoms with van der Waals surface area (Å²) >= 11 is 0.177. The van der Waals surface area contributed by atoms with Gasteiger partial charge in [0, 0.05) is 0 Å². The van der Waals surface area contributed by atoms with Crippen molar-refractivity contribution in [3.05, 3.63) is 40.9 Å². The fraction of sp³-hybridized carbons (Fsp3) is 0.250. The van der Waals surface area contributed by atoms with E-state index in [0.717, 1.165) is 4.47 Å². The number of esters is 1. The van der Waals surface area contributed by atoms with Crippen LogP contribution in [0.2, 0.25) is 0 Å². The molecule has 0 saturated heterocycles. The van der Waals surface area contributed by atoms with Gasteiger partial charge in [0.2, 0.25) is 0 Å². The summed E-state index contributed by atoms with van der Waals surface area (Å²) in [5, 5.41) is 0. The van der Waals surface area contributed by atoms with Gasteiger partial charge in [-0.2, -0.15) is 0 Å². The van der Waals surface area contributed by atoms with Crippen LogP contribution in [0.4, 0.5) is 0 Å². The number of hydrogen-bond donors (Lipinski definition) is 0. The van der Waals surface area contributed by atoms with E-state index in [2.05, 4.69) is 12.1 Å². The van der Waals surface area contributed by atoms with E-state index in [1.807, 2.05) is 32.0 Å². The Labute approximate surface area is 95.5 Å². The Bertz CT molecular complexity index is 407. The molecule has 0 atom stereocenters. The van der Waals surface area contributed by atoms with E-state index >= 15 is 0 Å². The van der Waals surface area contributed by atoms with Crippen molar-refractivity contribution in [3.63, 3.8) is 0 Å². The SMILES string of the molecule is CC1(C)OC(=O)C=C1[Se]c1ccccc1. The Balaban J connectivity index is 2.20. The van der Waals surface area contributed by atoms with Crippen LogP contribution in [0.1, 0.15) is 13.8 Å². The average Bonchev–Trinajstić information content (AvgIpc) is 2.41. The summed E-state index contributed by atoms with van der Waals surface area (Å²) in [5.41, 5.74) is -0.424. The van der Waals surface area contributed by atoms with Crippen LogP contribution in [0.15, 0.2) is 40.9 Å². The Morgan fingerprint density at radius 2 is 1.87 bits per heavy atom. The molecule has 1 aromatic rings. The summed E-state index contributed by atoms with van der Waals surface area (Å²) in [6, 6.07) is 10.2. The van der Waals surface area contributed by atoms with Crippen LogP contribution in [0.5, 0.6) is 0 Å². The van der Waals surface area contributed by atoms with Gasteiger partial charge in [0.25, 0.3) is 0 Å². The minimum absolute atomic E-state index is 0.177. The monoisotopic (exact) mass is 268 g/mol. The Morgan fingerprint density at radius 1 is 1.20 bits per heavy atom. The van der Waals surface area contributed by atoms with Crippen molar-refractivity contribution in [2.24, 2.45) is 0 Å². The molecule has 0 aromatic heterocycles. The van der Waals surface area contributed by atoms with Crippen molar-refractivity contribution < 1.29 is 9.53 Å². The van der Waals surface area contributed by atoms with Gasteiger partial charge in [-0.1, -0.05) is 0 Å². The molecule has 0 fully saturated rings. The molecule has 2 nitrogen and oxygen atoms in total. The summed E-state index contributed by atoms with van der Waals surface area (Å²) in [7, 11) is 0. The van der Waals surface area contributed by atoms with Gasteiger partial charge in [-0.05, 0) is 0 Å². The van der Waals surface area contributed by atoms with Crippen LogP contribution in [-0.4, -0.2) is 26.5 Å². The van der Waals surface area contributed by atoms with Crippen LogP contribution in [0, 0.1) is 0 Å². The molecule has 1 heterocycles. The van der Waals surface area contributed by atoms with E-state index in [-0.39, 0.29) is 20.9 Å². The molecule has 0 bridgehead atoms. The first-order valence-corrected chi connectivity index (χ1v) is 6.47. The van der Waals surface area contributed by atoms with Gasteiger partial charge in [0.15, 0.2) is 0 Å². The standard InChI is InChI=1S/C12H12O2Se/c1-12(2)10(8-11(13)14-12)15-9-6-4-3-5-7-9/h3-8H,1-2H3. The Hall–Kier alpha value is -1.05. The first-order chi connectivity index (χ1) is 7.08. The first kappa shape index (κ1) is 10.5. The average molecular weight is 267 g/mol. The third kappa shape index (κ3) is 2.31. The summed E-state index contributed by atoms with van der Waals surface area (Å²) in [6.07, 6.45) is 1.63. The van der Waals surface area contributed by atoms with Crippen LogP contribution < -0.4 is 4.46 Å². The fourth-order valence-corrected chi connectivity index (χ4v) is 3.46. The second kappa shape index (κ2) is 3.84. The third-order valence-electron chi connectivity index (χ3n) is 2.17. The van der Waals surface area contributed by atoms with Crippen LogP contribution in [0.25, 0.3) is 0 Å². The molecule has 2 rings (SSSR count). The van der Waals surface area contributed by atoms with Crippen molar-refractivity contribution in [2.45, 2.75) is 19.4 Å². The van der Waals surface area contributed by atoms with Gasteiger partial charge in [-0.15, -0.1) is 0 Å². The number of carbonyl (C=O) groups excluding carboxylic acids is 1. The normalized spacial score (nSPS) is 18.5. The molecule has 1 aromatic carbocycles. The van der Waals surface area contributed by atoms with E-state index in [9.17, 15) is 4.79 Å². The molecule has 0 radical (unpaired) electrons. The molecule has 0 N–H and O–H groups in total. The number of carbonyl (C=O) groups is 1. The third-order valence-corrected chi connectivity index (χ3v) is 4.97. The zero-order valence-electron chi connectivity index (χ0n) is 8.69. The zero-order valence-corrected chi connectivity index (χ0v) is 10.4. The van der Waals surface area contributed by atoms with Gasteiger partial charge in [0.1, 0.15) is 0 Å². The minimum atomic E-state index is -0.424. The molecule has 3 heteroatoms. The number of rotatable bonds is 2. The quantitative estimate of drug-likeness (QED) is 0.595. The van der Waals surface area contributed by atoms with Crippen molar-refractivity contribution in [2.75, 3.05) is 0 Å². The molecule has 78 valence electrons. The van der Waals surface area contributed by atoms with Gasteiger partial charge in [-0.25, -0.2) is 0 Å². The summed E-state index contributed by atoms with van der Waals surface area (Å²) in [6.45, 7) is 3.88. The van der Waals surface area contributed by atoms with E-state index in [0.29, 0.717) is 0 Å². The van der Waals surface area contributed by atoms with Crippen LogP contribution in [-0.2, 0) is 9.53 Å². The number of cyclic esters (lactones) is 1. The van der Waals surface area contributed by atoms with Gasteiger partial charge >= 0.3 is 95.2 Å². The van der Waals surface area contributed by atoms with Crippen molar-refractivity contribution >= 4 is 25.4 Å². The first-order valence-electron chi connectivity index (χ1n) is 4.76. The van der Waals surface area contributed by atoms with Gasteiger partial charge in [0.05, 0.1) is 0 Å². The molecular weight excluding hydrogens is 255 g/mol. The maximum atomic E-state index is 11.2. The molecule has 15 heavy (non-hydrogen) atoms. The molecule has 0 spiro atoms. The second-order valence-corrected chi connectivity index (χ2v) is 6.20. The molecule has 1 aliphatic heterocycles. The summed E-state index contributed by atoms with van der Waals surface area (Å²) in [4.78, 5) is 11.2.